The summed E-state index contributed by atoms with van der Waals surface area (Å²) in [5.41, 5.74) is 11.4. The van der Waals surface area contributed by atoms with Crippen molar-refractivity contribution in [2.45, 2.75) is 212 Å². The van der Waals surface area contributed by atoms with E-state index in [4.69, 9.17) is 83.0 Å². The molecule has 106 heavy (non-hydrogen) atoms. The third-order valence-corrected chi connectivity index (χ3v) is 18.1. The van der Waals surface area contributed by atoms with Gasteiger partial charge in [-0.25, -0.2) is 0 Å². The number of aliphatic hydroxyl groups excluding tert-OH is 9. The molecule has 0 amide bonds. The molecule has 574 valence electrons. The first-order valence-electron chi connectivity index (χ1n) is 33.7. The number of aliphatic hydroxyl groups is 9. The van der Waals surface area contributed by atoms with Gasteiger partial charge >= 0.3 is 83.0 Å². The number of aliphatic carboxylic acids is 1. The molecule has 29 heteroatoms. The Morgan fingerprint density at radius 2 is 0.708 bits per heavy atom. The number of hydrogen-bond donors (Lipinski definition) is 9. The van der Waals surface area contributed by atoms with Crippen LogP contribution in [0.4, 0.5) is 0 Å². The molecule has 0 saturated carbocycles. The van der Waals surface area contributed by atoms with Gasteiger partial charge in [-0.2, -0.15) is 0 Å². The number of carboxylic acids is 1. The van der Waals surface area contributed by atoms with Crippen molar-refractivity contribution in [1.29, 1.82) is 0 Å². The molecule has 3 fully saturated rings. The van der Waals surface area contributed by atoms with E-state index in [1.54, 1.807) is 43.3 Å². The van der Waals surface area contributed by atoms with Gasteiger partial charge in [-0.05, 0) is 144 Å². The summed E-state index contributed by atoms with van der Waals surface area (Å²) in [6.45, 7) is 14.6. The smallest absolute Gasteiger partial charge is 0.870 e. The summed E-state index contributed by atoms with van der Waals surface area (Å²) in [6.07, 6.45) is -12.0. The van der Waals surface area contributed by atoms with Crippen LogP contribution in [-0.4, -0.2) is 186 Å². The van der Waals surface area contributed by atoms with Gasteiger partial charge in [0.05, 0.1) is 19.3 Å². The molecule has 24 nitrogen and oxygen atoms in total. The Bertz CT molecular complexity index is 3490. The fourth-order valence-electron chi connectivity index (χ4n) is 11.3. The van der Waals surface area contributed by atoms with Crippen LogP contribution in [0.3, 0.4) is 0 Å². The largest absolute Gasteiger partial charge is 1.00 e. The second kappa shape index (κ2) is 49.3. The van der Waals surface area contributed by atoms with E-state index in [9.17, 15) is 60.0 Å². The van der Waals surface area contributed by atoms with Crippen molar-refractivity contribution in [3.8, 4) is 0 Å². The third-order valence-electron chi connectivity index (χ3n) is 17.0. The minimum absolute atomic E-state index is 0. The fraction of sp³-hybridized carbons (Fsp3) is 0.468. The van der Waals surface area contributed by atoms with Crippen LogP contribution in [0.25, 0.3) is 0 Å². The van der Waals surface area contributed by atoms with E-state index in [0.29, 0.717) is 51.0 Å². The Balaban J connectivity index is 0.000000750. The van der Waals surface area contributed by atoms with Gasteiger partial charge in [-0.15, -0.1) is 0 Å². The van der Waals surface area contributed by atoms with E-state index in [1.807, 2.05) is 37.3 Å². The van der Waals surface area contributed by atoms with E-state index in [0.717, 1.165) is 66.0 Å². The van der Waals surface area contributed by atoms with E-state index in [2.05, 4.69) is 81.4 Å². The van der Waals surface area contributed by atoms with Crippen LogP contribution >= 0.6 is 34.8 Å². The van der Waals surface area contributed by atoms with Crippen LogP contribution in [0, 0.1) is 0 Å². The van der Waals surface area contributed by atoms with Crippen molar-refractivity contribution in [3.63, 3.8) is 0 Å². The summed E-state index contributed by atoms with van der Waals surface area (Å²) >= 11 is 19.3. The maximum Gasteiger partial charge on any atom is 1.00 e. The van der Waals surface area contributed by atoms with Gasteiger partial charge in [-0.3, -0.25) is 19.2 Å². The van der Waals surface area contributed by atoms with Crippen LogP contribution in [0.5, 0.6) is 0 Å². The number of esters is 4. The van der Waals surface area contributed by atoms with Gasteiger partial charge in [0.1, 0.15) is 79.9 Å². The number of carboxylic acid groups (broad SMARTS) is 1. The summed E-state index contributed by atoms with van der Waals surface area (Å²) in [5.74, 6) is -3.69. The fourth-order valence-corrected chi connectivity index (χ4v) is 11.9. The number of ether oxygens (including phenoxy) is 7. The van der Waals surface area contributed by atoms with Crippen LogP contribution in [0.1, 0.15) is 161 Å². The molecular weight excluding hydrogens is 1460 g/mol. The molecular formula is C77H99Cl3Na2O24. The predicted molar refractivity (Wildman–Crippen MR) is 385 cm³/mol. The number of carbonyl (C=O) groups is 5. The van der Waals surface area contributed by atoms with Crippen molar-refractivity contribution in [1.82, 2.24) is 0 Å². The summed E-state index contributed by atoms with van der Waals surface area (Å²) in [7, 11) is 0. The topological polar surface area (TPSA) is 417 Å². The number of aryl methyl sites for hydroxylation is 3. The number of rotatable bonds is 20. The Kier molecular flexibility index (Phi) is 46.0. The molecule has 9 rings (SSSR count). The van der Waals surface area contributed by atoms with Gasteiger partial charge < -0.3 is 100.0 Å². The van der Waals surface area contributed by atoms with Gasteiger partial charge in [0.25, 0.3) is 0 Å². The van der Waals surface area contributed by atoms with Crippen LogP contribution in [0.15, 0.2) is 127 Å². The van der Waals surface area contributed by atoms with E-state index in [1.165, 1.54) is 44.4 Å². The summed E-state index contributed by atoms with van der Waals surface area (Å²) in [6, 6.07) is 40.6. The van der Waals surface area contributed by atoms with Crippen molar-refractivity contribution < 1.29 is 178 Å². The second-order valence-corrected chi connectivity index (χ2v) is 26.2. The van der Waals surface area contributed by atoms with Crippen LogP contribution < -0.4 is 64.2 Å². The van der Waals surface area contributed by atoms with Gasteiger partial charge in [-0.1, -0.05) is 172 Å². The SMILES string of the molecule is CC(=O)[O-].CC[C@H](C)O.CCc1ccc(Cc2cc([C@@H]3O[C@H](CO)[C@@H](O)[C@H](O)[C@H]3O)ccc2Cl)cc1.CCc1ccc(Cc2cc([C@@H]3O[C@H](CO)[C@@H](O)[C@H](O)[C@H]3O)ccc2Cl)cc1.CCc1ccc(Cc2cc([C@@H]3O[C@H](COC(C)=O)[C@@H](OC(C)=O)[C@H](OC(C)=O)[C@H]3OC(C)=O)ccc2Cl)cc1.O.[Na+].[Na+].[OH-]. The average molecular weight is 1560 g/mol. The number of benzene rings is 6. The number of carbonyl (C=O) groups excluding carboxylic acids is 5. The minimum atomic E-state index is -1.40. The Labute approximate surface area is 678 Å². The number of hydrogen-bond acceptors (Lipinski definition) is 23. The maximum absolute atomic E-state index is 12.1. The molecule has 0 aliphatic carbocycles. The minimum Gasteiger partial charge on any atom is -0.870 e. The van der Waals surface area contributed by atoms with Crippen LogP contribution in [0.2, 0.25) is 15.1 Å². The first kappa shape index (κ1) is 99.0. The van der Waals surface area contributed by atoms with E-state index >= 15 is 0 Å². The van der Waals surface area contributed by atoms with E-state index in [-0.39, 0.29) is 82.8 Å². The van der Waals surface area contributed by atoms with Crippen molar-refractivity contribution in [2.24, 2.45) is 0 Å². The third kappa shape index (κ3) is 30.3. The molecule has 0 aromatic heterocycles. The van der Waals surface area contributed by atoms with Gasteiger partial charge in [0.15, 0.2) is 18.3 Å². The van der Waals surface area contributed by atoms with Crippen molar-refractivity contribution in [3.05, 3.63) is 209 Å². The zero-order chi connectivity index (χ0) is 75.7. The molecule has 0 radical (unpaired) electrons. The zero-order valence-corrected chi connectivity index (χ0v) is 68.1. The Morgan fingerprint density at radius 1 is 0.434 bits per heavy atom. The molecule has 3 saturated heterocycles. The molecule has 0 unspecified atom stereocenters. The first-order chi connectivity index (χ1) is 48.4. The Morgan fingerprint density at radius 3 is 0.981 bits per heavy atom. The maximum atomic E-state index is 12.1. The molecule has 3 aliphatic heterocycles. The second-order valence-electron chi connectivity index (χ2n) is 25.0. The molecule has 6 aromatic rings. The number of halogens is 3. The van der Waals surface area contributed by atoms with Gasteiger partial charge in [0, 0.05) is 48.7 Å². The summed E-state index contributed by atoms with van der Waals surface area (Å²) in [4.78, 5) is 56.7. The quantitative estimate of drug-likeness (QED) is 0.0291. The summed E-state index contributed by atoms with van der Waals surface area (Å²) < 4.78 is 39.3. The van der Waals surface area contributed by atoms with Crippen LogP contribution in [-0.2, 0) is 95.7 Å². The molecule has 12 N–H and O–H groups in total. The standard InChI is InChI=1S/C29H33ClO9.2C21H25ClO5.C4H10O.C2H4O2.2Na.2H2O/c1-6-20-7-9-21(10-8-20)13-23-14-22(11-12-24(23)30)26-28(37-18(4)33)29(38-19(5)34)27(36-17(3)32)25(39-26)15-35-16(2)31;2*1-2-12-3-5-13(6-4-12)9-15-10-14(7-8-16(15)22)21-20(26)19(25)18(24)17(11-23)27-21;1-3-4(2)5;1-2(3)4;;;;/h7-12,14,25-29H,6,13,15H2,1-5H3;2*3-8,10,17-21,23-26H,2,9,11H2,1H3;4-5H,3H2,1-2H3;1H3,(H,3,4);;;2*1H2/q;;;;;2*+1;;/p-2/t25-,26+,27-,28+,29+;2*17-,18-,19+,20-,21+;4-;;;;;/m1110...../s1. The Hall–Kier alpha value is -5.02. The molecule has 3 heterocycles. The van der Waals surface area contributed by atoms with Crippen molar-refractivity contribution in [2.75, 3.05) is 19.8 Å². The average Bonchev–Trinajstić information content (AvgIpc) is 0.786. The predicted octanol–water partition coefficient (Wildman–Crippen LogP) is 0.847. The molecule has 3 aliphatic rings. The summed E-state index contributed by atoms with van der Waals surface area (Å²) in [5, 5.41) is 98.3. The van der Waals surface area contributed by atoms with E-state index < -0.39 is 135 Å². The molecule has 16 atom stereocenters. The molecule has 0 bridgehead atoms. The molecule has 0 spiro atoms. The monoisotopic (exact) mass is 1560 g/mol. The molecule has 6 aromatic carbocycles. The zero-order valence-electron chi connectivity index (χ0n) is 61.8. The van der Waals surface area contributed by atoms with Crippen molar-refractivity contribution >= 4 is 64.6 Å². The normalized spacial score (nSPS) is 23.6. The first-order valence-corrected chi connectivity index (χ1v) is 34.9. The van der Waals surface area contributed by atoms with Gasteiger partial charge in [0.2, 0.25) is 0 Å².